The minimum Gasteiger partial charge on any atom is -0.496 e. The van der Waals surface area contributed by atoms with Crippen molar-refractivity contribution in [1.29, 1.82) is 0 Å². The fraction of sp³-hybridized carbons (Fsp3) is 0.647. The number of benzene rings is 1. The van der Waals surface area contributed by atoms with Gasteiger partial charge in [-0.05, 0) is 24.6 Å². The molecule has 0 aromatic heterocycles. The number of hydrogen-bond donors (Lipinski definition) is 1. The minimum atomic E-state index is -0.642. The number of halogens is 1. The number of hydrogen-bond acceptors (Lipinski definition) is 2. The number of aliphatic hydroxyl groups excluding tert-OH is 1. The minimum absolute atomic E-state index is 0.334. The van der Waals surface area contributed by atoms with Crippen molar-refractivity contribution < 1.29 is 14.2 Å². The van der Waals surface area contributed by atoms with Crippen molar-refractivity contribution in [3.8, 4) is 5.75 Å². The average Bonchev–Trinajstić information content (AvgIpc) is 2.46. The topological polar surface area (TPSA) is 29.5 Å². The number of methoxy groups -OCH3 is 1. The van der Waals surface area contributed by atoms with E-state index in [-0.39, 0.29) is 5.82 Å². The second kappa shape index (κ2) is 9.76. The molecule has 1 unspecified atom stereocenters. The fourth-order valence-electron chi connectivity index (χ4n) is 2.42. The smallest absolute Gasteiger partial charge is 0.124 e. The van der Waals surface area contributed by atoms with Crippen molar-refractivity contribution in [1.82, 2.24) is 0 Å². The predicted molar refractivity (Wildman–Crippen MR) is 80.5 cm³/mol. The van der Waals surface area contributed by atoms with Crippen LogP contribution in [0, 0.1) is 5.82 Å². The summed E-state index contributed by atoms with van der Waals surface area (Å²) in [5.74, 6) is 0.223. The second-order valence-corrected chi connectivity index (χ2v) is 5.31. The molecule has 3 heteroatoms. The number of rotatable bonds is 10. The first kappa shape index (κ1) is 17.0. The molecule has 1 atom stereocenters. The largest absolute Gasteiger partial charge is 0.496 e. The monoisotopic (exact) mass is 282 g/mol. The van der Waals surface area contributed by atoms with Crippen LogP contribution in [0.1, 0.15) is 70.0 Å². The molecule has 0 amide bonds. The van der Waals surface area contributed by atoms with Crippen molar-refractivity contribution in [2.45, 2.75) is 64.4 Å². The lowest BCUT2D eigenvalue weighted by molar-refractivity contribution is 0.159. The normalized spacial score (nSPS) is 12.4. The van der Waals surface area contributed by atoms with E-state index in [1.165, 1.54) is 51.3 Å². The Balaban J connectivity index is 2.32. The summed E-state index contributed by atoms with van der Waals surface area (Å²) in [6.07, 6.45) is 8.47. The molecule has 1 N–H and O–H groups in total. The van der Waals surface area contributed by atoms with E-state index in [0.29, 0.717) is 17.7 Å². The highest BCUT2D eigenvalue weighted by molar-refractivity contribution is 5.35. The summed E-state index contributed by atoms with van der Waals surface area (Å²) in [6.45, 7) is 2.21. The average molecular weight is 282 g/mol. The third-order valence-corrected chi connectivity index (χ3v) is 3.63. The zero-order valence-electron chi connectivity index (χ0n) is 12.7. The molecule has 0 aliphatic carbocycles. The molecule has 0 radical (unpaired) electrons. The highest BCUT2D eigenvalue weighted by atomic mass is 19.1. The van der Waals surface area contributed by atoms with Crippen molar-refractivity contribution in [2.24, 2.45) is 0 Å². The Morgan fingerprint density at radius 3 is 2.40 bits per heavy atom. The standard InChI is InChI=1S/C17H27FO2/c1-3-4-5-6-7-8-9-10-16(19)15-13-14(18)11-12-17(15)20-2/h11-13,16,19H,3-10H2,1-2H3. The zero-order chi connectivity index (χ0) is 14.8. The molecule has 0 aliphatic heterocycles. The molecule has 0 heterocycles. The van der Waals surface area contributed by atoms with Crippen molar-refractivity contribution >= 4 is 0 Å². The fourth-order valence-corrected chi connectivity index (χ4v) is 2.42. The molecule has 1 rings (SSSR count). The molecule has 1 aromatic rings. The summed E-state index contributed by atoms with van der Waals surface area (Å²) >= 11 is 0. The van der Waals surface area contributed by atoms with Crippen LogP contribution in [-0.4, -0.2) is 12.2 Å². The summed E-state index contributed by atoms with van der Waals surface area (Å²) in [7, 11) is 1.54. The Morgan fingerprint density at radius 2 is 1.75 bits per heavy atom. The van der Waals surface area contributed by atoms with Gasteiger partial charge >= 0.3 is 0 Å². The number of aliphatic hydroxyl groups is 1. The van der Waals surface area contributed by atoms with Gasteiger partial charge in [0.2, 0.25) is 0 Å². The van der Waals surface area contributed by atoms with Gasteiger partial charge in [0.1, 0.15) is 11.6 Å². The van der Waals surface area contributed by atoms with E-state index in [2.05, 4.69) is 6.92 Å². The molecule has 0 aliphatic rings. The van der Waals surface area contributed by atoms with Gasteiger partial charge in [-0.2, -0.15) is 0 Å². The third kappa shape index (κ3) is 5.91. The molecule has 0 fully saturated rings. The molecule has 1 aromatic carbocycles. The lowest BCUT2D eigenvalue weighted by Crippen LogP contribution is -2.01. The van der Waals surface area contributed by atoms with E-state index in [0.717, 1.165) is 12.8 Å². The van der Waals surface area contributed by atoms with Crippen LogP contribution in [0.25, 0.3) is 0 Å². The van der Waals surface area contributed by atoms with Gasteiger partial charge in [-0.25, -0.2) is 4.39 Å². The summed E-state index contributed by atoms with van der Waals surface area (Å²) in [4.78, 5) is 0. The van der Waals surface area contributed by atoms with Gasteiger partial charge in [-0.3, -0.25) is 0 Å². The summed E-state index contributed by atoms with van der Waals surface area (Å²) in [5.41, 5.74) is 0.554. The number of ether oxygens (including phenoxy) is 1. The molecule has 0 saturated heterocycles. The van der Waals surface area contributed by atoms with E-state index in [1.807, 2.05) is 0 Å². The zero-order valence-corrected chi connectivity index (χ0v) is 12.7. The SMILES string of the molecule is CCCCCCCCCC(O)c1cc(F)ccc1OC. The maximum atomic E-state index is 13.2. The predicted octanol–water partition coefficient (Wildman–Crippen LogP) is 5.01. The van der Waals surface area contributed by atoms with E-state index < -0.39 is 6.10 Å². The lowest BCUT2D eigenvalue weighted by Gasteiger charge is -2.14. The molecule has 0 spiro atoms. The van der Waals surface area contributed by atoms with Crippen LogP contribution in [0.5, 0.6) is 5.75 Å². The van der Waals surface area contributed by atoms with Crippen LogP contribution >= 0.6 is 0 Å². The van der Waals surface area contributed by atoms with E-state index in [4.69, 9.17) is 4.74 Å². The van der Waals surface area contributed by atoms with Crippen molar-refractivity contribution in [3.63, 3.8) is 0 Å². The van der Waals surface area contributed by atoms with Crippen molar-refractivity contribution in [3.05, 3.63) is 29.6 Å². The first-order valence-electron chi connectivity index (χ1n) is 7.70. The van der Waals surface area contributed by atoms with Gasteiger partial charge in [0, 0.05) is 5.56 Å². The van der Waals surface area contributed by atoms with Crippen LogP contribution in [0.3, 0.4) is 0 Å². The van der Waals surface area contributed by atoms with Gasteiger partial charge in [-0.15, -0.1) is 0 Å². The van der Waals surface area contributed by atoms with Gasteiger partial charge in [0.05, 0.1) is 13.2 Å². The Hall–Kier alpha value is -1.09. The molecule has 2 nitrogen and oxygen atoms in total. The Labute approximate surface area is 122 Å². The van der Waals surface area contributed by atoms with Crippen LogP contribution in [0.2, 0.25) is 0 Å². The Kier molecular flexibility index (Phi) is 8.28. The van der Waals surface area contributed by atoms with Crippen LogP contribution in [0.15, 0.2) is 18.2 Å². The van der Waals surface area contributed by atoms with Gasteiger partial charge < -0.3 is 9.84 Å². The molecule has 20 heavy (non-hydrogen) atoms. The Morgan fingerprint density at radius 1 is 1.10 bits per heavy atom. The first-order chi connectivity index (χ1) is 9.69. The van der Waals surface area contributed by atoms with E-state index in [1.54, 1.807) is 6.07 Å². The Bertz CT molecular complexity index is 379. The van der Waals surface area contributed by atoms with Crippen LogP contribution in [0.4, 0.5) is 4.39 Å². The molecular weight excluding hydrogens is 255 g/mol. The second-order valence-electron chi connectivity index (χ2n) is 5.31. The van der Waals surface area contributed by atoms with Crippen LogP contribution < -0.4 is 4.74 Å². The van der Waals surface area contributed by atoms with Gasteiger partial charge in [0.15, 0.2) is 0 Å². The molecule has 0 bridgehead atoms. The van der Waals surface area contributed by atoms with E-state index in [9.17, 15) is 9.50 Å². The summed E-state index contributed by atoms with van der Waals surface area (Å²) < 4.78 is 18.4. The maximum absolute atomic E-state index is 13.2. The lowest BCUT2D eigenvalue weighted by atomic mass is 10.0. The van der Waals surface area contributed by atoms with Gasteiger partial charge in [-0.1, -0.05) is 51.9 Å². The highest BCUT2D eigenvalue weighted by Gasteiger charge is 2.13. The molecular formula is C17H27FO2. The summed E-state index contributed by atoms with van der Waals surface area (Å²) in [5, 5.41) is 10.2. The molecule has 114 valence electrons. The van der Waals surface area contributed by atoms with Gasteiger partial charge in [0.25, 0.3) is 0 Å². The first-order valence-corrected chi connectivity index (χ1v) is 7.70. The quantitative estimate of drug-likeness (QED) is 0.611. The van der Waals surface area contributed by atoms with Crippen LogP contribution in [-0.2, 0) is 0 Å². The summed E-state index contributed by atoms with van der Waals surface area (Å²) in [6, 6.07) is 4.28. The van der Waals surface area contributed by atoms with Crippen molar-refractivity contribution in [2.75, 3.05) is 7.11 Å². The maximum Gasteiger partial charge on any atom is 0.124 e. The highest BCUT2D eigenvalue weighted by Crippen LogP contribution is 2.29. The third-order valence-electron chi connectivity index (χ3n) is 3.63. The van der Waals surface area contributed by atoms with E-state index >= 15 is 0 Å². The molecule has 0 saturated carbocycles. The number of unbranched alkanes of at least 4 members (excludes halogenated alkanes) is 6.